The Labute approximate surface area is 182 Å². The van der Waals surface area contributed by atoms with E-state index in [1.807, 2.05) is 19.9 Å². The molecule has 1 heterocycles. The van der Waals surface area contributed by atoms with Crippen LogP contribution in [0.2, 0.25) is 0 Å². The maximum absolute atomic E-state index is 13.2. The third-order valence-electron chi connectivity index (χ3n) is 5.49. The average molecular weight is 427 g/mol. The van der Waals surface area contributed by atoms with Crippen molar-refractivity contribution in [3.63, 3.8) is 0 Å². The predicted molar refractivity (Wildman–Crippen MR) is 117 cm³/mol. The van der Waals surface area contributed by atoms with Crippen LogP contribution in [0.25, 0.3) is 0 Å². The van der Waals surface area contributed by atoms with Crippen molar-refractivity contribution in [1.29, 1.82) is 0 Å². The number of carbonyl (C=O) groups is 2. The molecule has 2 N–H and O–H groups in total. The lowest BCUT2D eigenvalue weighted by Crippen LogP contribution is -2.39. The van der Waals surface area contributed by atoms with Crippen molar-refractivity contribution in [1.82, 2.24) is 9.88 Å². The lowest BCUT2D eigenvalue weighted by Gasteiger charge is -2.27. The SMILES string of the molecule is CC(C)CC(C(=O)N[C@H](CC(=O)O)c1cccc(OC2CCC2)c1)n1ccccc1=O. The number of hydrogen-bond donors (Lipinski definition) is 2. The van der Waals surface area contributed by atoms with Crippen LogP contribution in [0.4, 0.5) is 0 Å². The van der Waals surface area contributed by atoms with E-state index in [0.29, 0.717) is 17.7 Å². The molecule has 2 aromatic rings. The molecular formula is C24H30N2O5. The van der Waals surface area contributed by atoms with Gasteiger partial charge in [-0.1, -0.05) is 32.0 Å². The van der Waals surface area contributed by atoms with E-state index >= 15 is 0 Å². The van der Waals surface area contributed by atoms with Crippen molar-refractivity contribution in [3.05, 3.63) is 64.6 Å². The van der Waals surface area contributed by atoms with Crippen molar-refractivity contribution < 1.29 is 19.4 Å². The number of carboxylic acid groups (broad SMARTS) is 1. The highest BCUT2D eigenvalue weighted by Crippen LogP contribution is 2.28. The van der Waals surface area contributed by atoms with Crippen molar-refractivity contribution in [3.8, 4) is 5.75 Å². The zero-order valence-corrected chi connectivity index (χ0v) is 18.0. The second kappa shape index (κ2) is 10.3. The summed E-state index contributed by atoms with van der Waals surface area (Å²) in [6.07, 6.45) is 5.16. The van der Waals surface area contributed by atoms with Gasteiger partial charge in [0.25, 0.3) is 5.56 Å². The van der Waals surface area contributed by atoms with E-state index in [-0.39, 0.29) is 29.9 Å². The summed E-state index contributed by atoms with van der Waals surface area (Å²) >= 11 is 0. The van der Waals surface area contributed by atoms with Gasteiger partial charge < -0.3 is 19.7 Å². The molecule has 0 saturated heterocycles. The molecule has 1 amide bonds. The van der Waals surface area contributed by atoms with Crippen LogP contribution in [0.15, 0.2) is 53.5 Å². The maximum Gasteiger partial charge on any atom is 0.305 e. The van der Waals surface area contributed by atoms with Gasteiger partial charge in [-0.3, -0.25) is 14.4 Å². The van der Waals surface area contributed by atoms with E-state index in [2.05, 4.69) is 5.32 Å². The first-order valence-corrected chi connectivity index (χ1v) is 10.8. The number of carboxylic acids is 1. The standard InChI is InChI=1S/C24H30N2O5/c1-16(2)13-21(26-12-4-3-11-22(26)27)24(30)25-20(15-23(28)29)17-7-5-10-19(14-17)31-18-8-6-9-18/h3-5,7,10-12,14,16,18,20-21H,6,8-9,13,15H2,1-2H3,(H,25,30)(H,28,29)/t20-,21?/m1/s1. The Morgan fingerprint density at radius 1 is 1.19 bits per heavy atom. The van der Waals surface area contributed by atoms with Gasteiger partial charge in [-0.2, -0.15) is 0 Å². The molecule has 0 bridgehead atoms. The van der Waals surface area contributed by atoms with Crippen LogP contribution in [0.5, 0.6) is 5.75 Å². The smallest absolute Gasteiger partial charge is 0.305 e. The van der Waals surface area contributed by atoms with E-state index in [9.17, 15) is 19.5 Å². The molecule has 1 aromatic carbocycles. The van der Waals surface area contributed by atoms with Gasteiger partial charge >= 0.3 is 5.97 Å². The summed E-state index contributed by atoms with van der Waals surface area (Å²) in [5.41, 5.74) is 0.394. The maximum atomic E-state index is 13.2. The van der Waals surface area contributed by atoms with E-state index in [1.54, 1.807) is 36.5 Å². The first-order chi connectivity index (χ1) is 14.8. The molecule has 1 aromatic heterocycles. The van der Waals surface area contributed by atoms with Gasteiger partial charge in [-0.15, -0.1) is 0 Å². The van der Waals surface area contributed by atoms with Crippen LogP contribution < -0.4 is 15.6 Å². The number of hydrogen-bond acceptors (Lipinski definition) is 4. The summed E-state index contributed by atoms with van der Waals surface area (Å²) in [6.45, 7) is 3.95. The largest absolute Gasteiger partial charge is 0.490 e. The van der Waals surface area contributed by atoms with E-state index in [0.717, 1.165) is 19.3 Å². The van der Waals surface area contributed by atoms with Crippen molar-refractivity contribution in [2.45, 2.75) is 64.1 Å². The highest BCUT2D eigenvalue weighted by Gasteiger charge is 2.27. The first-order valence-electron chi connectivity index (χ1n) is 10.8. The second-order valence-electron chi connectivity index (χ2n) is 8.49. The van der Waals surface area contributed by atoms with Crippen LogP contribution >= 0.6 is 0 Å². The van der Waals surface area contributed by atoms with E-state index in [4.69, 9.17) is 4.74 Å². The van der Waals surface area contributed by atoms with Gasteiger partial charge in [0.05, 0.1) is 18.6 Å². The fourth-order valence-corrected chi connectivity index (χ4v) is 3.67. The normalized spacial score (nSPS) is 15.7. The summed E-state index contributed by atoms with van der Waals surface area (Å²) in [5.74, 6) is -0.559. The molecule has 0 spiro atoms. The third-order valence-corrected chi connectivity index (χ3v) is 5.49. The quantitative estimate of drug-likeness (QED) is 0.604. The molecule has 3 rings (SSSR count). The lowest BCUT2D eigenvalue weighted by atomic mass is 9.96. The molecule has 7 heteroatoms. The van der Waals surface area contributed by atoms with Crippen molar-refractivity contribution in [2.24, 2.45) is 5.92 Å². The Kier molecular flexibility index (Phi) is 7.50. The molecular weight excluding hydrogens is 396 g/mol. The summed E-state index contributed by atoms with van der Waals surface area (Å²) in [5, 5.41) is 12.3. The third kappa shape index (κ3) is 6.20. The highest BCUT2D eigenvalue weighted by atomic mass is 16.5. The number of rotatable bonds is 10. The summed E-state index contributed by atoms with van der Waals surface area (Å²) in [4.78, 5) is 37.1. The van der Waals surface area contributed by atoms with Gasteiger partial charge in [0, 0.05) is 12.3 Å². The molecule has 31 heavy (non-hydrogen) atoms. The number of ether oxygens (including phenoxy) is 1. The van der Waals surface area contributed by atoms with Gasteiger partial charge in [-0.25, -0.2) is 0 Å². The molecule has 166 valence electrons. The molecule has 7 nitrogen and oxygen atoms in total. The van der Waals surface area contributed by atoms with Gasteiger partial charge in [-0.05, 0) is 55.4 Å². The molecule has 0 radical (unpaired) electrons. The van der Waals surface area contributed by atoms with Gasteiger partial charge in [0.15, 0.2) is 0 Å². The number of carbonyl (C=O) groups excluding carboxylic acids is 1. The second-order valence-corrected chi connectivity index (χ2v) is 8.49. The number of benzene rings is 1. The van der Waals surface area contributed by atoms with Gasteiger partial charge in [0.1, 0.15) is 11.8 Å². The monoisotopic (exact) mass is 426 g/mol. The number of aliphatic carboxylic acids is 1. The van der Waals surface area contributed by atoms with E-state index < -0.39 is 18.1 Å². The number of aromatic nitrogens is 1. The highest BCUT2D eigenvalue weighted by molar-refractivity contribution is 5.81. The first kappa shape index (κ1) is 22.6. The molecule has 1 saturated carbocycles. The van der Waals surface area contributed by atoms with Crippen LogP contribution in [-0.4, -0.2) is 27.7 Å². The average Bonchev–Trinajstić information content (AvgIpc) is 2.69. The topological polar surface area (TPSA) is 97.6 Å². The Hall–Kier alpha value is -3.09. The number of nitrogens with zero attached hydrogens (tertiary/aromatic N) is 1. The molecule has 2 atom stereocenters. The van der Waals surface area contributed by atoms with Crippen molar-refractivity contribution in [2.75, 3.05) is 0 Å². The molecule has 0 aliphatic heterocycles. The zero-order chi connectivity index (χ0) is 22.4. The van der Waals surface area contributed by atoms with E-state index in [1.165, 1.54) is 10.6 Å². The number of nitrogens with one attached hydrogen (secondary N) is 1. The Morgan fingerprint density at radius 2 is 1.97 bits per heavy atom. The minimum absolute atomic E-state index is 0.167. The molecule has 1 unspecified atom stereocenters. The number of pyridine rings is 1. The Balaban J connectivity index is 1.84. The molecule has 1 fully saturated rings. The zero-order valence-electron chi connectivity index (χ0n) is 18.0. The molecule has 1 aliphatic rings. The van der Waals surface area contributed by atoms with Crippen LogP contribution in [0.1, 0.15) is 63.6 Å². The van der Waals surface area contributed by atoms with Crippen molar-refractivity contribution >= 4 is 11.9 Å². The predicted octanol–water partition coefficient (Wildman–Crippen LogP) is 3.70. The summed E-state index contributed by atoms with van der Waals surface area (Å²) in [7, 11) is 0. The van der Waals surface area contributed by atoms with Gasteiger partial charge in [0.2, 0.25) is 5.91 Å². The summed E-state index contributed by atoms with van der Waals surface area (Å²) < 4.78 is 7.34. The number of amides is 1. The van der Waals surface area contributed by atoms with Crippen LogP contribution in [0.3, 0.4) is 0 Å². The lowest BCUT2D eigenvalue weighted by molar-refractivity contribution is -0.138. The Bertz CT molecular complexity index is 964. The fraction of sp³-hybridized carbons (Fsp3) is 0.458. The van der Waals surface area contributed by atoms with Crippen LogP contribution in [0, 0.1) is 5.92 Å². The minimum atomic E-state index is -1.02. The fourth-order valence-electron chi connectivity index (χ4n) is 3.67. The summed E-state index contributed by atoms with van der Waals surface area (Å²) in [6, 6.07) is 10.5. The molecule has 1 aliphatic carbocycles. The Morgan fingerprint density at radius 3 is 2.58 bits per heavy atom. The van der Waals surface area contributed by atoms with Crippen LogP contribution in [-0.2, 0) is 9.59 Å². The minimum Gasteiger partial charge on any atom is -0.490 e.